The molecule has 0 unspecified atom stereocenters. The molecular formula is C13H11N5O2. The molecule has 0 spiro atoms. The first-order chi connectivity index (χ1) is 9.68. The summed E-state index contributed by atoms with van der Waals surface area (Å²) in [5.74, 6) is -0.378. The standard InChI is InChI=1S/C13H11N5O2/c14-12(19)10-11(8-4-5-15-7-16-8)17-9-3-1-2-6-18(9)13(10)20/h4-5,7H,1-2,6H2,(H2,14,19). The van der Waals surface area contributed by atoms with E-state index in [0.29, 0.717) is 18.1 Å². The molecule has 7 heteroatoms. The van der Waals surface area contributed by atoms with Gasteiger partial charge < -0.3 is 5.73 Å². The Balaban J connectivity index is 2.31. The van der Waals surface area contributed by atoms with Crippen molar-refractivity contribution in [3.8, 4) is 11.4 Å². The number of hydrogen-bond acceptors (Lipinski definition) is 5. The average molecular weight is 269 g/mol. The smallest absolute Gasteiger partial charge is 0.267 e. The van der Waals surface area contributed by atoms with Crippen LogP contribution in [-0.2, 0) is 6.54 Å². The number of nitrogens with zero attached hydrogens (tertiary/aromatic N) is 4. The van der Waals surface area contributed by atoms with Crippen LogP contribution in [0, 0.1) is 6.42 Å². The quantitative estimate of drug-likeness (QED) is 0.827. The summed E-state index contributed by atoms with van der Waals surface area (Å²) in [5.41, 5.74) is 5.32. The van der Waals surface area contributed by atoms with E-state index in [1.54, 1.807) is 6.07 Å². The van der Waals surface area contributed by atoms with Crippen LogP contribution in [0.25, 0.3) is 11.4 Å². The lowest BCUT2D eigenvalue weighted by molar-refractivity contribution is 0.0998. The van der Waals surface area contributed by atoms with Crippen molar-refractivity contribution in [3.05, 3.63) is 46.8 Å². The molecule has 0 saturated heterocycles. The van der Waals surface area contributed by atoms with Crippen molar-refractivity contribution in [3.63, 3.8) is 0 Å². The van der Waals surface area contributed by atoms with Gasteiger partial charge in [-0.15, -0.1) is 0 Å². The molecule has 100 valence electrons. The lowest BCUT2D eigenvalue weighted by atomic mass is 10.1. The van der Waals surface area contributed by atoms with Gasteiger partial charge in [0.25, 0.3) is 11.5 Å². The maximum atomic E-state index is 12.4. The number of nitrogens with two attached hydrogens (primary N) is 1. The minimum Gasteiger partial charge on any atom is -0.365 e. The van der Waals surface area contributed by atoms with Crippen LogP contribution in [0.4, 0.5) is 0 Å². The highest BCUT2D eigenvalue weighted by atomic mass is 16.2. The largest absolute Gasteiger partial charge is 0.365 e. The number of amides is 1. The summed E-state index contributed by atoms with van der Waals surface area (Å²) in [6.07, 6.45) is 7.39. The molecule has 1 amide bonds. The Morgan fingerprint density at radius 2 is 2.30 bits per heavy atom. The lowest BCUT2D eigenvalue weighted by Crippen LogP contribution is -2.35. The first-order valence-corrected chi connectivity index (χ1v) is 6.13. The van der Waals surface area contributed by atoms with Crippen molar-refractivity contribution in [2.24, 2.45) is 5.73 Å². The van der Waals surface area contributed by atoms with Gasteiger partial charge in [0.15, 0.2) is 0 Å². The molecule has 1 aliphatic heterocycles. The molecule has 2 radical (unpaired) electrons. The van der Waals surface area contributed by atoms with Gasteiger partial charge in [0.2, 0.25) is 0 Å². The molecule has 2 aromatic rings. The Labute approximate surface area is 114 Å². The highest BCUT2D eigenvalue weighted by Crippen LogP contribution is 2.20. The highest BCUT2D eigenvalue weighted by Gasteiger charge is 2.23. The van der Waals surface area contributed by atoms with Crippen LogP contribution < -0.4 is 11.3 Å². The maximum Gasteiger partial charge on any atom is 0.267 e. The van der Waals surface area contributed by atoms with Crippen molar-refractivity contribution < 1.29 is 4.79 Å². The Morgan fingerprint density at radius 3 is 3.00 bits per heavy atom. The third-order valence-corrected chi connectivity index (χ3v) is 3.08. The van der Waals surface area contributed by atoms with E-state index in [9.17, 15) is 9.59 Å². The molecule has 0 fully saturated rings. The molecule has 0 aliphatic carbocycles. The van der Waals surface area contributed by atoms with Crippen molar-refractivity contribution in [1.29, 1.82) is 0 Å². The van der Waals surface area contributed by atoms with Gasteiger partial charge in [-0.1, -0.05) is 0 Å². The zero-order valence-corrected chi connectivity index (χ0v) is 10.5. The van der Waals surface area contributed by atoms with Crippen molar-refractivity contribution in [2.45, 2.75) is 19.4 Å². The van der Waals surface area contributed by atoms with Crippen LogP contribution in [0.3, 0.4) is 0 Å². The summed E-state index contributed by atoms with van der Waals surface area (Å²) in [5, 5.41) is 0. The number of aromatic nitrogens is 4. The zero-order valence-electron chi connectivity index (χ0n) is 10.5. The zero-order chi connectivity index (χ0) is 14.1. The third kappa shape index (κ3) is 1.97. The van der Waals surface area contributed by atoms with Gasteiger partial charge in [-0.25, -0.2) is 15.0 Å². The predicted molar refractivity (Wildman–Crippen MR) is 69.6 cm³/mol. The van der Waals surface area contributed by atoms with Crippen LogP contribution in [0.5, 0.6) is 0 Å². The third-order valence-electron chi connectivity index (χ3n) is 3.08. The lowest BCUT2D eigenvalue weighted by Gasteiger charge is -2.18. The maximum absolute atomic E-state index is 12.4. The fraction of sp³-hybridized carbons (Fsp3) is 0.231. The molecule has 7 nitrogen and oxygen atoms in total. The van der Waals surface area contributed by atoms with Crippen molar-refractivity contribution in [2.75, 3.05) is 0 Å². The number of carbonyl (C=O) groups is 1. The van der Waals surface area contributed by atoms with Crippen LogP contribution in [0.1, 0.15) is 29.0 Å². The second-order valence-corrected chi connectivity index (χ2v) is 4.36. The molecule has 0 bridgehead atoms. The van der Waals surface area contributed by atoms with Gasteiger partial charge in [0.1, 0.15) is 23.4 Å². The Kier molecular flexibility index (Phi) is 3.02. The summed E-state index contributed by atoms with van der Waals surface area (Å²) in [4.78, 5) is 36.1. The average Bonchev–Trinajstić information content (AvgIpc) is 2.47. The predicted octanol–water partition coefficient (Wildman–Crippen LogP) is 0.0224. The number of carbonyl (C=O) groups excluding carboxylic acids is 1. The van der Waals surface area contributed by atoms with Gasteiger partial charge in [-0.3, -0.25) is 14.2 Å². The van der Waals surface area contributed by atoms with Crippen molar-refractivity contribution in [1.82, 2.24) is 19.5 Å². The monoisotopic (exact) mass is 269 g/mol. The molecule has 2 N–H and O–H groups in total. The van der Waals surface area contributed by atoms with Crippen molar-refractivity contribution >= 4 is 5.91 Å². The summed E-state index contributed by atoms with van der Waals surface area (Å²) in [6.45, 7) is 0.512. The van der Waals surface area contributed by atoms with Gasteiger partial charge >= 0.3 is 0 Å². The Morgan fingerprint density at radius 1 is 1.45 bits per heavy atom. The van der Waals surface area contributed by atoms with Crippen LogP contribution in [-0.4, -0.2) is 25.4 Å². The van der Waals surface area contributed by atoms with Crippen LogP contribution >= 0.6 is 0 Å². The van der Waals surface area contributed by atoms with E-state index in [0.717, 1.165) is 12.8 Å². The minimum atomic E-state index is -0.808. The SMILES string of the molecule is NC(=O)c1c(-c2ccncn2)nc2n(c1=O)CCC[C]2. The van der Waals surface area contributed by atoms with E-state index in [-0.39, 0.29) is 11.3 Å². The molecule has 0 atom stereocenters. The molecule has 0 aromatic carbocycles. The summed E-state index contributed by atoms with van der Waals surface area (Å²) >= 11 is 0. The minimum absolute atomic E-state index is 0.142. The first-order valence-electron chi connectivity index (χ1n) is 6.13. The van der Waals surface area contributed by atoms with Gasteiger partial charge in [-0.2, -0.15) is 0 Å². The molecule has 3 rings (SSSR count). The number of hydrogen-bond donors (Lipinski definition) is 1. The van der Waals surface area contributed by atoms with E-state index >= 15 is 0 Å². The number of rotatable bonds is 2. The topological polar surface area (TPSA) is 104 Å². The van der Waals surface area contributed by atoms with Gasteiger partial charge in [0.05, 0.1) is 12.1 Å². The second-order valence-electron chi connectivity index (χ2n) is 4.36. The molecule has 3 heterocycles. The first kappa shape index (κ1) is 12.5. The normalized spacial score (nSPS) is 13.8. The fourth-order valence-electron chi connectivity index (χ4n) is 2.17. The fourth-order valence-corrected chi connectivity index (χ4v) is 2.17. The van der Waals surface area contributed by atoms with E-state index in [1.165, 1.54) is 17.1 Å². The summed E-state index contributed by atoms with van der Waals surface area (Å²) in [6, 6.07) is 1.58. The highest BCUT2D eigenvalue weighted by molar-refractivity contribution is 5.98. The molecule has 2 aromatic heterocycles. The van der Waals surface area contributed by atoms with E-state index < -0.39 is 11.5 Å². The number of fused-ring (bicyclic) bond motifs is 1. The summed E-state index contributed by atoms with van der Waals surface area (Å²) in [7, 11) is 0. The van der Waals surface area contributed by atoms with E-state index in [2.05, 4.69) is 21.4 Å². The Bertz CT molecular complexity index is 724. The molecule has 0 saturated carbocycles. The molecule has 1 aliphatic rings. The summed E-state index contributed by atoms with van der Waals surface area (Å²) < 4.78 is 1.42. The molecule has 20 heavy (non-hydrogen) atoms. The van der Waals surface area contributed by atoms with E-state index in [1.807, 2.05) is 0 Å². The van der Waals surface area contributed by atoms with Gasteiger partial charge in [0, 0.05) is 12.7 Å². The second kappa shape index (κ2) is 4.84. The molecular weight excluding hydrogens is 258 g/mol. The van der Waals surface area contributed by atoms with Gasteiger partial charge in [-0.05, 0) is 18.9 Å². The van der Waals surface area contributed by atoms with Crippen LogP contribution in [0.2, 0.25) is 0 Å². The Hall–Kier alpha value is -2.57. The van der Waals surface area contributed by atoms with E-state index in [4.69, 9.17) is 5.73 Å². The number of primary amides is 1. The van der Waals surface area contributed by atoms with Crippen LogP contribution in [0.15, 0.2) is 23.4 Å².